The number of hydrogen-bond donors (Lipinski definition) is 1. The van der Waals surface area contributed by atoms with Gasteiger partial charge in [0.1, 0.15) is 0 Å². The number of hydrogen-bond acceptors (Lipinski definition) is 3. The molecule has 0 radical (unpaired) electrons. The second-order valence-corrected chi connectivity index (χ2v) is 6.63. The van der Waals surface area contributed by atoms with Crippen LogP contribution >= 0.6 is 11.6 Å². The molecule has 0 atom stereocenters. The number of carbonyl (C=O) groups is 1. The lowest BCUT2D eigenvalue weighted by molar-refractivity contribution is 0.0516. The lowest BCUT2D eigenvalue weighted by Crippen LogP contribution is -2.15. The molecule has 0 spiro atoms. The Labute approximate surface area is 140 Å². The van der Waals surface area contributed by atoms with Crippen molar-refractivity contribution in [2.75, 3.05) is 0 Å². The zero-order valence-electron chi connectivity index (χ0n) is 13.3. The fraction of sp³-hybridized carbons (Fsp3) is 0.222. The molecule has 2 N–H and O–H groups in total. The average Bonchev–Trinajstić information content (AvgIpc) is 2.52. The summed E-state index contributed by atoms with van der Waals surface area (Å²) in [7, 11) is 0. The third-order valence-corrected chi connectivity index (χ3v) is 3.61. The van der Waals surface area contributed by atoms with Gasteiger partial charge in [-0.3, -0.25) is 0 Å². The first-order valence-electron chi connectivity index (χ1n) is 7.18. The van der Waals surface area contributed by atoms with Gasteiger partial charge in [-0.15, -0.1) is 0 Å². The molecule has 5 heteroatoms. The highest BCUT2D eigenvalue weighted by atomic mass is 35.5. The van der Waals surface area contributed by atoms with Crippen LogP contribution in [0.1, 0.15) is 42.3 Å². The van der Waals surface area contributed by atoms with Crippen LogP contribution in [0.5, 0.6) is 0 Å². The van der Waals surface area contributed by atoms with E-state index in [9.17, 15) is 4.79 Å². The van der Waals surface area contributed by atoms with Crippen molar-refractivity contribution in [3.63, 3.8) is 0 Å². The average molecular weight is 331 g/mol. The fourth-order valence-electron chi connectivity index (χ4n) is 1.92. The van der Waals surface area contributed by atoms with Gasteiger partial charge in [0.2, 0.25) is 0 Å². The van der Waals surface area contributed by atoms with Gasteiger partial charge >= 0.3 is 5.97 Å². The Kier molecular flexibility index (Phi) is 5.06. The SMILES string of the molecule is CC(C)(C)c1ccc(C(=O)O/N=C(\N)c2ccc(Cl)cc2)cc1. The lowest BCUT2D eigenvalue weighted by atomic mass is 9.87. The first-order valence-corrected chi connectivity index (χ1v) is 7.56. The van der Waals surface area contributed by atoms with Gasteiger partial charge in [0, 0.05) is 10.6 Å². The van der Waals surface area contributed by atoms with Crippen molar-refractivity contribution in [1.29, 1.82) is 0 Å². The number of halogens is 1. The molecule has 0 aliphatic heterocycles. The summed E-state index contributed by atoms with van der Waals surface area (Å²) in [5.41, 5.74) is 8.00. The van der Waals surface area contributed by atoms with E-state index in [-0.39, 0.29) is 11.3 Å². The van der Waals surface area contributed by atoms with E-state index < -0.39 is 5.97 Å². The summed E-state index contributed by atoms with van der Waals surface area (Å²) >= 11 is 5.80. The zero-order valence-corrected chi connectivity index (χ0v) is 14.1. The Hall–Kier alpha value is -2.33. The molecule has 2 aromatic carbocycles. The molecule has 0 heterocycles. The molecule has 120 valence electrons. The lowest BCUT2D eigenvalue weighted by Gasteiger charge is -2.18. The molecule has 0 saturated heterocycles. The van der Waals surface area contributed by atoms with Crippen molar-refractivity contribution in [3.05, 3.63) is 70.2 Å². The van der Waals surface area contributed by atoms with E-state index in [2.05, 4.69) is 25.9 Å². The summed E-state index contributed by atoms with van der Waals surface area (Å²) in [6.45, 7) is 6.33. The molecular formula is C18H19ClN2O2. The molecule has 0 aliphatic carbocycles. The summed E-state index contributed by atoms with van der Waals surface area (Å²) in [6.07, 6.45) is 0. The van der Waals surface area contributed by atoms with Crippen molar-refractivity contribution in [1.82, 2.24) is 0 Å². The first-order chi connectivity index (χ1) is 10.8. The third-order valence-electron chi connectivity index (χ3n) is 3.35. The van der Waals surface area contributed by atoms with E-state index >= 15 is 0 Å². The number of nitrogens with two attached hydrogens (primary N) is 1. The summed E-state index contributed by atoms with van der Waals surface area (Å²) in [6, 6.07) is 14.0. The maximum atomic E-state index is 12.0. The Morgan fingerprint density at radius 2 is 1.52 bits per heavy atom. The summed E-state index contributed by atoms with van der Waals surface area (Å²) in [4.78, 5) is 16.9. The molecular weight excluding hydrogens is 312 g/mol. The van der Waals surface area contributed by atoms with Crippen LogP contribution in [0.15, 0.2) is 53.7 Å². The Morgan fingerprint density at radius 3 is 2.04 bits per heavy atom. The highest BCUT2D eigenvalue weighted by molar-refractivity contribution is 6.30. The van der Waals surface area contributed by atoms with Gasteiger partial charge in [0.05, 0.1) is 5.56 Å². The molecule has 2 aromatic rings. The van der Waals surface area contributed by atoms with Crippen LogP contribution in [0.2, 0.25) is 5.02 Å². The van der Waals surface area contributed by atoms with Crippen LogP contribution in [-0.4, -0.2) is 11.8 Å². The highest BCUT2D eigenvalue weighted by Gasteiger charge is 2.15. The summed E-state index contributed by atoms with van der Waals surface area (Å²) in [5.74, 6) is -0.441. The van der Waals surface area contributed by atoms with Gasteiger partial charge in [-0.05, 0) is 47.4 Å². The normalized spacial score (nSPS) is 12.1. The molecule has 0 amide bonds. The molecule has 0 fully saturated rings. The standard InChI is InChI=1S/C18H19ClN2O2/c1-18(2,3)14-8-4-13(5-9-14)17(22)23-21-16(20)12-6-10-15(19)11-7-12/h4-11H,1-3H3,(H2,20,21). The van der Waals surface area contributed by atoms with Gasteiger partial charge < -0.3 is 10.6 Å². The van der Waals surface area contributed by atoms with E-state index in [4.69, 9.17) is 22.2 Å². The van der Waals surface area contributed by atoms with Crippen LogP contribution in [0, 0.1) is 0 Å². The molecule has 0 bridgehead atoms. The van der Waals surface area contributed by atoms with Gasteiger partial charge in [-0.2, -0.15) is 0 Å². The number of rotatable bonds is 3. The minimum atomic E-state index is -0.553. The van der Waals surface area contributed by atoms with Crippen LogP contribution in [0.25, 0.3) is 0 Å². The second-order valence-electron chi connectivity index (χ2n) is 6.19. The van der Waals surface area contributed by atoms with Gasteiger partial charge in [0.25, 0.3) is 0 Å². The van der Waals surface area contributed by atoms with Crippen LogP contribution in [-0.2, 0) is 10.3 Å². The van der Waals surface area contributed by atoms with E-state index in [0.29, 0.717) is 16.1 Å². The predicted octanol–water partition coefficient (Wildman–Crippen LogP) is 4.11. The monoisotopic (exact) mass is 330 g/mol. The van der Waals surface area contributed by atoms with Crippen LogP contribution < -0.4 is 5.73 Å². The maximum Gasteiger partial charge on any atom is 0.365 e. The zero-order chi connectivity index (χ0) is 17.0. The molecule has 4 nitrogen and oxygen atoms in total. The second kappa shape index (κ2) is 6.84. The van der Waals surface area contributed by atoms with Crippen molar-refractivity contribution in [2.45, 2.75) is 26.2 Å². The van der Waals surface area contributed by atoms with Crippen molar-refractivity contribution >= 4 is 23.4 Å². The predicted molar refractivity (Wildman–Crippen MR) is 92.7 cm³/mol. The van der Waals surface area contributed by atoms with Crippen LogP contribution in [0.4, 0.5) is 0 Å². The van der Waals surface area contributed by atoms with E-state index in [1.54, 1.807) is 36.4 Å². The van der Waals surface area contributed by atoms with Gasteiger partial charge in [-0.25, -0.2) is 4.79 Å². The minimum absolute atomic E-state index is 0.0274. The van der Waals surface area contributed by atoms with Gasteiger partial charge in [-0.1, -0.05) is 49.7 Å². The first kappa shape index (κ1) is 17.0. The fourth-order valence-corrected chi connectivity index (χ4v) is 2.05. The maximum absolute atomic E-state index is 12.0. The molecule has 0 aromatic heterocycles. The van der Waals surface area contributed by atoms with Crippen molar-refractivity contribution in [3.8, 4) is 0 Å². The summed E-state index contributed by atoms with van der Waals surface area (Å²) in [5, 5.41) is 4.27. The molecule has 23 heavy (non-hydrogen) atoms. The molecule has 0 unspecified atom stereocenters. The van der Waals surface area contributed by atoms with Gasteiger partial charge in [0.15, 0.2) is 5.84 Å². The van der Waals surface area contributed by atoms with E-state index in [0.717, 1.165) is 5.56 Å². The highest BCUT2D eigenvalue weighted by Crippen LogP contribution is 2.22. The molecule has 2 rings (SSSR count). The van der Waals surface area contributed by atoms with E-state index in [1.165, 1.54) is 0 Å². The van der Waals surface area contributed by atoms with Crippen LogP contribution in [0.3, 0.4) is 0 Å². The topological polar surface area (TPSA) is 64.7 Å². The number of amidine groups is 1. The number of nitrogens with zero attached hydrogens (tertiary/aromatic N) is 1. The van der Waals surface area contributed by atoms with Crippen molar-refractivity contribution in [2.24, 2.45) is 10.9 Å². The van der Waals surface area contributed by atoms with E-state index in [1.807, 2.05) is 12.1 Å². The third kappa shape index (κ3) is 4.57. The number of carbonyl (C=O) groups excluding carboxylic acids is 1. The summed E-state index contributed by atoms with van der Waals surface area (Å²) < 4.78 is 0. The van der Waals surface area contributed by atoms with Crippen molar-refractivity contribution < 1.29 is 9.63 Å². The molecule has 0 aliphatic rings. The largest absolute Gasteiger partial charge is 0.380 e. The molecule has 0 saturated carbocycles. The quantitative estimate of drug-likeness (QED) is 0.398. The Bertz CT molecular complexity index is 714. The Morgan fingerprint density at radius 1 is 1.00 bits per heavy atom. The minimum Gasteiger partial charge on any atom is -0.380 e. The number of oxime groups is 1. The number of benzene rings is 2. The smallest absolute Gasteiger partial charge is 0.365 e. The Balaban J connectivity index is 2.07.